The molecule has 1 amide bonds. The Labute approximate surface area is 124 Å². The highest BCUT2D eigenvalue weighted by Gasteiger charge is 2.34. The van der Waals surface area contributed by atoms with E-state index in [1.165, 1.54) is 4.90 Å². The van der Waals surface area contributed by atoms with Crippen molar-refractivity contribution in [2.75, 3.05) is 26.2 Å². The van der Waals surface area contributed by atoms with E-state index >= 15 is 0 Å². The van der Waals surface area contributed by atoms with E-state index in [0.29, 0.717) is 6.42 Å². The molecule has 1 N–H and O–H groups in total. The summed E-state index contributed by atoms with van der Waals surface area (Å²) < 4.78 is 63.6. The van der Waals surface area contributed by atoms with Crippen LogP contribution in [0, 0.1) is 17.6 Å². The number of benzene rings is 1. The number of rotatable bonds is 4. The maximum absolute atomic E-state index is 13.4. The van der Waals surface area contributed by atoms with E-state index in [4.69, 9.17) is 0 Å². The molecule has 22 heavy (non-hydrogen) atoms. The smallest absolute Gasteiger partial charge is 0.352 e. The third kappa shape index (κ3) is 4.40. The van der Waals surface area contributed by atoms with Crippen LogP contribution in [0.3, 0.4) is 0 Å². The van der Waals surface area contributed by atoms with Gasteiger partial charge in [-0.3, -0.25) is 9.69 Å². The summed E-state index contributed by atoms with van der Waals surface area (Å²) >= 11 is 0. The Morgan fingerprint density at radius 1 is 1.27 bits per heavy atom. The largest absolute Gasteiger partial charge is 0.401 e. The number of carbonyl (C=O) groups is 1. The molecule has 1 saturated heterocycles. The quantitative estimate of drug-likeness (QED) is 0.864. The zero-order chi connectivity index (χ0) is 16.3. The first-order chi connectivity index (χ1) is 10.3. The van der Waals surface area contributed by atoms with E-state index < -0.39 is 35.8 Å². The second kappa shape index (κ2) is 6.60. The van der Waals surface area contributed by atoms with Crippen LogP contribution in [0.4, 0.5) is 22.0 Å². The number of likely N-dealkylation sites (tertiary alicyclic amines) is 1. The average molecular weight is 322 g/mol. The summed E-state index contributed by atoms with van der Waals surface area (Å²) in [7, 11) is 0. The number of amides is 1. The van der Waals surface area contributed by atoms with Gasteiger partial charge in [0, 0.05) is 13.1 Å². The fraction of sp³-hybridized carbons (Fsp3) is 0.500. The predicted molar refractivity (Wildman–Crippen MR) is 69.3 cm³/mol. The van der Waals surface area contributed by atoms with Crippen LogP contribution in [-0.2, 0) is 0 Å². The summed E-state index contributed by atoms with van der Waals surface area (Å²) in [5.41, 5.74) is -0.673. The Morgan fingerprint density at radius 2 is 1.91 bits per heavy atom. The van der Waals surface area contributed by atoms with Gasteiger partial charge in [-0.25, -0.2) is 8.78 Å². The van der Waals surface area contributed by atoms with E-state index in [9.17, 15) is 26.7 Å². The first-order valence-corrected chi connectivity index (χ1v) is 6.77. The van der Waals surface area contributed by atoms with Crippen molar-refractivity contribution in [3.8, 4) is 0 Å². The lowest BCUT2D eigenvalue weighted by Crippen LogP contribution is -2.35. The molecule has 1 heterocycles. The number of nitrogens with one attached hydrogen (secondary N) is 1. The van der Waals surface area contributed by atoms with Crippen LogP contribution in [-0.4, -0.2) is 43.2 Å². The number of hydrogen-bond acceptors (Lipinski definition) is 2. The SMILES string of the molecule is O=C(NCC1CCN(CC(F)(F)F)C1)c1c(F)cccc1F. The van der Waals surface area contributed by atoms with Crippen LogP contribution in [0.2, 0.25) is 0 Å². The van der Waals surface area contributed by atoms with Gasteiger partial charge >= 0.3 is 6.18 Å². The molecule has 2 rings (SSSR count). The molecule has 122 valence electrons. The third-order valence-electron chi connectivity index (χ3n) is 3.51. The summed E-state index contributed by atoms with van der Waals surface area (Å²) in [6.45, 7) is -0.423. The first-order valence-electron chi connectivity index (χ1n) is 6.77. The Hall–Kier alpha value is -1.70. The minimum atomic E-state index is -4.26. The molecule has 8 heteroatoms. The maximum Gasteiger partial charge on any atom is 0.401 e. The van der Waals surface area contributed by atoms with Gasteiger partial charge in [0.1, 0.15) is 17.2 Å². The van der Waals surface area contributed by atoms with Gasteiger partial charge in [-0.2, -0.15) is 13.2 Å². The van der Waals surface area contributed by atoms with Crippen molar-refractivity contribution in [2.24, 2.45) is 5.92 Å². The lowest BCUT2D eigenvalue weighted by molar-refractivity contribution is -0.143. The highest BCUT2D eigenvalue weighted by atomic mass is 19.4. The van der Waals surface area contributed by atoms with Crippen molar-refractivity contribution in [3.05, 3.63) is 35.4 Å². The van der Waals surface area contributed by atoms with Crippen molar-refractivity contribution >= 4 is 5.91 Å². The van der Waals surface area contributed by atoms with Crippen molar-refractivity contribution in [1.29, 1.82) is 0 Å². The van der Waals surface area contributed by atoms with Crippen molar-refractivity contribution in [1.82, 2.24) is 10.2 Å². The van der Waals surface area contributed by atoms with Gasteiger partial charge in [-0.05, 0) is 31.0 Å². The lowest BCUT2D eigenvalue weighted by Gasteiger charge is -2.18. The number of nitrogens with zero attached hydrogens (tertiary/aromatic N) is 1. The molecule has 0 spiro atoms. The standard InChI is InChI=1S/C14H15F5N2O/c15-10-2-1-3-11(16)12(10)13(22)20-6-9-4-5-21(7-9)8-14(17,18)19/h1-3,9H,4-8H2,(H,20,22). The van der Waals surface area contributed by atoms with Crippen LogP contribution < -0.4 is 5.32 Å². The second-order valence-electron chi connectivity index (χ2n) is 5.31. The zero-order valence-electron chi connectivity index (χ0n) is 11.6. The van der Waals surface area contributed by atoms with Crippen LogP contribution in [0.15, 0.2) is 18.2 Å². The van der Waals surface area contributed by atoms with Gasteiger partial charge in [-0.1, -0.05) is 6.07 Å². The molecule has 0 aliphatic carbocycles. The minimum Gasteiger partial charge on any atom is -0.352 e. The number of hydrogen-bond donors (Lipinski definition) is 1. The van der Waals surface area contributed by atoms with Crippen LogP contribution >= 0.6 is 0 Å². The molecule has 1 aliphatic heterocycles. The van der Waals surface area contributed by atoms with Gasteiger partial charge in [0.2, 0.25) is 0 Å². The van der Waals surface area contributed by atoms with Crippen molar-refractivity contribution in [3.63, 3.8) is 0 Å². The fourth-order valence-corrected chi connectivity index (χ4v) is 2.52. The monoisotopic (exact) mass is 322 g/mol. The Kier molecular flexibility index (Phi) is 5.00. The first kappa shape index (κ1) is 16.7. The van der Waals surface area contributed by atoms with Crippen molar-refractivity contribution < 1.29 is 26.7 Å². The minimum absolute atomic E-state index is 0.0843. The Bertz CT molecular complexity index is 526. The predicted octanol–water partition coefficient (Wildman–Crippen LogP) is 2.58. The summed E-state index contributed by atoms with van der Waals surface area (Å²) in [5, 5.41) is 2.38. The van der Waals surface area contributed by atoms with Gasteiger partial charge in [0.15, 0.2) is 0 Å². The summed E-state index contributed by atoms with van der Waals surface area (Å²) in [4.78, 5) is 13.0. The molecule has 1 atom stereocenters. The molecule has 1 aromatic carbocycles. The second-order valence-corrected chi connectivity index (χ2v) is 5.31. The molecular formula is C14H15F5N2O. The van der Waals surface area contributed by atoms with Crippen LogP contribution in [0.25, 0.3) is 0 Å². The van der Waals surface area contributed by atoms with E-state index in [1.807, 2.05) is 0 Å². The molecule has 1 fully saturated rings. The van der Waals surface area contributed by atoms with Crippen LogP contribution in [0.1, 0.15) is 16.8 Å². The normalized spacial score (nSPS) is 19.4. The van der Waals surface area contributed by atoms with E-state index in [-0.39, 0.29) is 25.6 Å². The zero-order valence-corrected chi connectivity index (χ0v) is 11.6. The fourth-order valence-electron chi connectivity index (χ4n) is 2.52. The van der Waals surface area contributed by atoms with Gasteiger partial charge in [0.25, 0.3) is 5.91 Å². The summed E-state index contributed by atoms with van der Waals surface area (Å²) in [6, 6.07) is 3.09. The van der Waals surface area contributed by atoms with Crippen LogP contribution in [0.5, 0.6) is 0 Å². The van der Waals surface area contributed by atoms with E-state index in [2.05, 4.69) is 5.32 Å². The van der Waals surface area contributed by atoms with E-state index in [1.54, 1.807) is 0 Å². The molecule has 3 nitrogen and oxygen atoms in total. The molecular weight excluding hydrogens is 307 g/mol. The molecule has 1 aromatic rings. The molecule has 1 aliphatic rings. The summed E-state index contributed by atoms with van der Waals surface area (Å²) in [6.07, 6.45) is -3.76. The topological polar surface area (TPSA) is 32.3 Å². The number of alkyl halides is 3. The van der Waals surface area contributed by atoms with Gasteiger partial charge in [-0.15, -0.1) is 0 Å². The van der Waals surface area contributed by atoms with Crippen molar-refractivity contribution in [2.45, 2.75) is 12.6 Å². The third-order valence-corrected chi connectivity index (χ3v) is 3.51. The molecule has 0 aromatic heterocycles. The highest BCUT2D eigenvalue weighted by Crippen LogP contribution is 2.22. The highest BCUT2D eigenvalue weighted by molar-refractivity contribution is 5.94. The van der Waals surface area contributed by atoms with Gasteiger partial charge in [0.05, 0.1) is 6.54 Å². The molecule has 1 unspecified atom stereocenters. The molecule has 0 bridgehead atoms. The molecule has 0 saturated carbocycles. The number of carbonyl (C=O) groups excluding carboxylic acids is 1. The summed E-state index contributed by atoms with van der Waals surface area (Å²) in [5.74, 6) is -3.00. The van der Waals surface area contributed by atoms with E-state index in [0.717, 1.165) is 18.2 Å². The Morgan fingerprint density at radius 3 is 2.50 bits per heavy atom. The lowest BCUT2D eigenvalue weighted by atomic mass is 10.1. The number of halogens is 5. The Balaban J connectivity index is 1.85. The molecule has 0 radical (unpaired) electrons. The van der Waals surface area contributed by atoms with Gasteiger partial charge < -0.3 is 5.32 Å². The maximum atomic E-state index is 13.4. The average Bonchev–Trinajstić information content (AvgIpc) is 2.81.